The lowest BCUT2D eigenvalue weighted by Gasteiger charge is -2.00. The van der Waals surface area contributed by atoms with Gasteiger partial charge in [-0.15, -0.1) is 0 Å². The Morgan fingerprint density at radius 3 is 2.67 bits per heavy atom. The van der Waals surface area contributed by atoms with Crippen LogP contribution in [0.25, 0.3) is 28.3 Å². The number of fused-ring (bicyclic) bond motifs is 1. The van der Waals surface area contributed by atoms with Crippen LogP contribution in [-0.4, -0.2) is 18.2 Å². The highest BCUT2D eigenvalue weighted by molar-refractivity contribution is 5.99. The number of ether oxygens (including phenoxy) is 1. The average Bonchev–Trinajstić information content (AvgIpc) is 3.03. The Labute approximate surface area is 138 Å². The first-order valence-corrected chi connectivity index (χ1v) is 7.29. The molecule has 118 valence electrons. The topological polar surface area (TPSA) is 76.1 Å². The second-order valence-electron chi connectivity index (χ2n) is 5.32. The normalized spacial score (nSPS) is 11.3. The van der Waals surface area contributed by atoms with E-state index in [0.717, 1.165) is 16.5 Å². The molecule has 0 spiro atoms. The number of carbonyl (C=O) groups is 1. The van der Waals surface area contributed by atoms with E-state index in [-0.39, 0.29) is 5.57 Å². The summed E-state index contributed by atoms with van der Waals surface area (Å²) >= 11 is 0. The second-order valence-corrected chi connectivity index (χ2v) is 5.32. The van der Waals surface area contributed by atoms with Crippen LogP contribution in [0.4, 0.5) is 0 Å². The molecule has 0 saturated carbocycles. The Balaban J connectivity index is 2.09. The van der Waals surface area contributed by atoms with Gasteiger partial charge in [0.15, 0.2) is 5.76 Å². The van der Waals surface area contributed by atoms with Crippen LogP contribution in [-0.2, 0) is 9.53 Å². The van der Waals surface area contributed by atoms with Crippen molar-refractivity contribution >= 4 is 22.9 Å². The number of hydrogen-bond donors (Lipinski definition) is 0. The van der Waals surface area contributed by atoms with Crippen LogP contribution in [0.2, 0.25) is 0 Å². The fourth-order valence-electron chi connectivity index (χ4n) is 2.38. The molecule has 0 fully saturated rings. The summed E-state index contributed by atoms with van der Waals surface area (Å²) in [5, 5.41) is 13.9. The van der Waals surface area contributed by atoms with Gasteiger partial charge in [-0.25, -0.2) is 4.79 Å². The van der Waals surface area contributed by atoms with Gasteiger partial charge in [0.2, 0.25) is 0 Å². The maximum absolute atomic E-state index is 11.5. The van der Waals surface area contributed by atoms with Crippen LogP contribution in [0, 0.1) is 18.3 Å². The highest BCUT2D eigenvalue weighted by atomic mass is 16.5. The van der Waals surface area contributed by atoms with Gasteiger partial charge in [0.1, 0.15) is 17.2 Å². The third-order valence-corrected chi connectivity index (χ3v) is 3.65. The fourth-order valence-corrected chi connectivity index (χ4v) is 2.38. The minimum absolute atomic E-state index is 0.0646. The Morgan fingerprint density at radius 2 is 2.00 bits per heavy atom. The SMILES string of the molecule is COC(=O)/C(C#N)=C\c1ccc2noc(-c3ccc(C)cc3)c2c1. The Bertz CT molecular complexity index is 976. The van der Waals surface area contributed by atoms with Gasteiger partial charge in [0.25, 0.3) is 0 Å². The molecular formula is C19H14N2O3. The lowest BCUT2D eigenvalue weighted by molar-refractivity contribution is -0.135. The number of aryl methyl sites for hydroxylation is 1. The molecule has 0 aliphatic rings. The molecule has 0 N–H and O–H groups in total. The molecule has 0 atom stereocenters. The number of nitrogens with zero attached hydrogens (tertiary/aromatic N) is 2. The molecule has 24 heavy (non-hydrogen) atoms. The number of rotatable bonds is 3. The van der Waals surface area contributed by atoms with Crippen molar-refractivity contribution in [2.75, 3.05) is 7.11 Å². The highest BCUT2D eigenvalue weighted by Crippen LogP contribution is 2.30. The summed E-state index contributed by atoms with van der Waals surface area (Å²) in [6.45, 7) is 2.02. The first-order chi connectivity index (χ1) is 11.6. The molecule has 0 amide bonds. The van der Waals surface area contributed by atoms with Crippen LogP contribution < -0.4 is 0 Å². The van der Waals surface area contributed by atoms with Crippen molar-refractivity contribution in [3.8, 4) is 17.4 Å². The molecule has 0 aliphatic heterocycles. The third kappa shape index (κ3) is 2.90. The summed E-state index contributed by atoms with van der Waals surface area (Å²) in [5.74, 6) is -0.0153. The smallest absolute Gasteiger partial charge is 0.348 e. The number of methoxy groups -OCH3 is 1. The van der Waals surface area contributed by atoms with Crippen molar-refractivity contribution in [3.63, 3.8) is 0 Å². The molecular weight excluding hydrogens is 304 g/mol. The summed E-state index contributed by atoms with van der Waals surface area (Å²) in [6, 6.07) is 15.2. The molecule has 5 heteroatoms. The van der Waals surface area contributed by atoms with Crippen molar-refractivity contribution < 1.29 is 14.1 Å². The van der Waals surface area contributed by atoms with Gasteiger partial charge in [-0.2, -0.15) is 5.26 Å². The molecule has 0 saturated heterocycles. The number of nitriles is 1. The van der Waals surface area contributed by atoms with Crippen LogP contribution in [0.3, 0.4) is 0 Å². The van der Waals surface area contributed by atoms with E-state index in [2.05, 4.69) is 9.89 Å². The molecule has 1 heterocycles. The maximum Gasteiger partial charge on any atom is 0.348 e. The van der Waals surface area contributed by atoms with E-state index in [0.29, 0.717) is 16.8 Å². The quantitative estimate of drug-likeness (QED) is 0.416. The predicted octanol–water partition coefficient (Wildman–Crippen LogP) is 3.88. The lowest BCUT2D eigenvalue weighted by atomic mass is 10.0. The molecule has 5 nitrogen and oxygen atoms in total. The van der Waals surface area contributed by atoms with Crippen molar-refractivity contribution in [2.24, 2.45) is 0 Å². The molecule has 0 bridgehead atoms. The van der Waals surface area contributed by atoms with Gasteiger partial charge >= 0.3 is 5.97 Å². The summed E-state index contributed by atoms with van der Waals surface area (Å²) in [4.78, 5) is 11.5. The highest BCUT2D eigenvalue weighted by Gasteiger charge is 2.13. The second kappa shape index (κ2) is 6.39. The van der Waals surface area contributed by atoms with E-state index in [9.17, 15) is 4.79 Å². The zero-order valence-electron chi connectivity index (χ0n) is 13.2. The first kappa shape index (κ1) is 15.5. The minimum atomic E-state index is -0.665. The monoisotopic (exact) mass is 318 g/mol. The summed E-state index contributed by atoms with van der Waals surface area (Å²) in [6.07, 6.45) is 1.48. The number of carbonyl (C=O) groups excluding carboxylic acids is 1. The molecule has 3 aromatic rings. The van der Waals surface area contributed by atoms with Crippen molar-refractivity contribution in [1.82, 2.24) is 5.16 Å². The standard InChI is InChI=1S/C19H14N2O3/c1-12-3-6-14(7-4-12)18-16-10-13(5-8-17(16)21-24-18)9-15(11-20)19(22)23-2/h3-10H,1-2H3/b15-9-. The van der Waals surface area contributed by atoms with Crippen molar-refractivity contribution in [3.05, 3.63) is 59.2 Å². The maximum atomic E-state index is 11.5. The number of aromatic nitrogens is 1. The summed E-state index contributed by atoms with van der Waals surface area (Å²) < 4.78 is 10.1. The van der Waals surface area contributed by atoms with Gasteiger partial charge in [0.05, 0.1) is 12.5 Å². The Morgan fingerprint density at radius 1 is 1.25 bits per heavy atom. The average molecular weight is 318 g/mol. The van der Waals surface area contributed by atoms with Gasteiger partial charge in [-0.1, -0.05) is 41.1 Å². The molecule has 1 aromatic heterocycles. The number of hydrogen-bond acceptors (Lipinski definition) is 5. The van der Waals surface area contributed by atoms with Crippen molar-refractivity contribution in [1.29, 1.82) is 5.26 Å². The minimum Gasteiger partial charge on any atom is -0.465 e. The third-order valence-electron chi connectivity index (χ3n) is 3.65. The first-order valence-electron chi connectivity index (χ1n) is 7.29. The van der Waals surface area contributed by atoms with E-state index >= 15 is 0 Å². The van der Waals surface area contributed by atoms with Crippen LogP contribution in [0.5, 0.6) is 0 Å². The van der Waals surface area contributed by atoms with Crippen LogP contribution >= 0.6 is 0 Å². The Kier molecular flexibility index (Phi) is 4.13. The van der Waals surface area contributed by atoms with Crippen molar-refractivity contribution in [2.45, 2.75) is 6.92 Å². The van der Waals surface area contributed by atoms with E-state index in [4.69, 9.17) is 9.78 Å². The van der Waals surface area contributed by atoms with Gasteiger partial charge in [-0.05, 0) is 30.7 Å². The van der Waals surface area contributed by atoms with E-state index in [1.54, 1.807) is 12.1 Å². The fraction of sp³-hybridized carbons (Fsp3) is 0.105. The van der Waals surface area contributed by atoms with E-state index < -0.39 is 5.97 Å². The van der Waals surface area contributed by atoms with Gasteiger partial charge in [0, 0.05) is 5.56 Å². The zero-order valence-corrected chi connectivity index (χ0v) is 13.2. The van der Waals surface area contributed by atoms with Gasteiger partial charge in [-0.3, -0.25) is 0 Å². The largest absolute Gasteiger partial charge is 0.465 e. The molecule has 2 aromatic carbocycles. The summed E-state index contributed by atoms with van der Waals surface area (Å²) in [7, 11) is 1.24. The van der Waals surface area contributed by atoms with E-state index in [1.807, 2.05) is 43.3 Å². The van der Waals surface area contributed by atoms with E-state index in [1.165, 1.54) is 13.2 Å². The number of benzene rings is 2. The number of esters is 1. The molecule has 0 radical (unpaired) electrons. The lowest BCUT2D eigenvalue weighted by Crippen LogP contribution is -2.02. The van der Waals surface area contributed by atoms with Crippen LogP contribution in [0.1, 0.15) is 11.1 Å². The zero-order chi connectivity index (χ0) is 17.1. The molecule has 0 aliphatic carbocycles. The van der Waals surface area contributed by atoms with Gasteiger partial charge < -0.3 is 9.26 Å². The molecule has 3 rings (SSSR count). The van der Waals surface area contributed by atoms with Crippen LogP contribution in [0.15, 0.2) is 52.6 Å². The molecule has 0 unspecified atom stereocenters. The Hall–Kier alpha value is -3.39. The predicted molar refractivity (Wildman–Crippen MR) is 89.8 cm³/mol. The summed E-state index contributed by atoms with van der Waals surface area (Å²) in [5.41, 5.74) is 3.41.